The molecule has 1 aromatic heterocycles. The van der Waals surface area contributed by atoms with Crippen molar-refractivity contribution in [3.8, 4) is 11.8 Å². The number of nitrogens with zero attached hydrogens (tertiary/aromatic N) is 1. The van der Waals surface area contributed by atoms with Crippen molar-refractivity contribution in [1.29, 1.82) is 0 Å². The Morgan fingerprint density at radius 2 is 1.94 bits per heavy atom. The number of aromatic nitrogens is 1. The van der Waals surface area contributed by atoms with Gasteiger partial charge in [-0.05, 0) is 26.8 Å². The molecule has 0 aliphatic carbocycles. The standard InChI is InChI=1S/C13H16F3NO/c1-12(2,3)6-4-7-17-8-5-10(9-17)11(18)13(14,15)16/h5,8-9,11,18H,7H2,1-3H3. The van der Waals surface area contributed by atoms with Gasteiger partial charge in [0.05, 0.1) is 6.54 Å². The van der Waals surface area contributed by atoms with Gasteiger partial charge in [-0.1, -0.05) is 11.8 Å². The molecule has 0 saturated carbocycles. The third-order valence-corrected chi connectivity index (χ3v) is 2.12. The molecule has 1 unspecified atom stereocenters. The zero-order valence-corrected chi connectivity index (χ0v) is 10.5. The highest BCUT2D eigenvalue weighted by molar-refractivity contribution is 5.17. The first-order valence-electron chi connectivity index (χ1n) is 5.50. The quantitative estimate of drug-likeness (QED) is 0.811. The van der Waals surface area contributed by atoms with Gasteiger partial charge in [0.2, 0.25) is 0 Å². The number of aliphatic hydroxyl groups is 1. The minimum absolute atomic E-state index is 0.137. The predicted octanol–water partition coefficient (Wildman–Crippen LogP) is 3.13. The van der Waals surface area contributed by atoms with Crippen molar-refractivity contribution in [1.82, 2.24) is 4.57 Å². The maximum atomic E-state index is 12.3. The lowest BCUT2D eigenvalue weighted by atomic mass is 9.98. The topological polar surface area (TPSA) is 25.2 Å². The van der Waals surface area contributed by atoms with Crippen molar-refractivity contribution in [2.24, 2.45) is 5.41 Å². The summed E-state index contributed by atoms with van der Waals surface area (Å²) >= 11 is 0. The molecule has 0 saturated heterocycles. The molecule has 18 heavy (non-hydrogen) atoms. The fourth-order valence-electron chi connectivity index (χ4n) is 1.30. The summed E-state index contributed by atoms with van der Waals surface area (Å²) in [6.07, 6.45) is -4.34. The van der Waals surface area contributed by atoms with E-state index in [-0.39, 0.29) is 11.0 Å². The summed E-state index contributed by atoms with van der Waals surface area (Å²) in [5, 5.41) is 9.05. The van der Waals surface area contributed by atoms with Crippen LogP contribution in [0.3, 0.4) is 0 Å². The summed E-state index contributed by atoms with van der Waals surface area (Å²) in [4.78, 5) is 0. The average molecular weight is 259 g/mol. The molecule has 0 aliphatic heterocycles. The van der Waals surface area contributed by atoms with Crippen LogP contribution in [0.2, 0.25) is 0 Å². The van der Waals surface area contributed by atoms with E-state index in [1.807, 2.05) is 20.8 Å². The van der Waals surface area contributed by atoms with E-state index < -0.39 is 12.3 Å². The van der Waals surface area contributed by atoms with Crippen molar-refractivity contribution in [3.63, 3.8) is 0 Å². The van der Waals surface area contributed by atoms with Crippen molar-refractivity contribution < 1.29 is 18.3 Å². The van der Waals surface area contributed by atoms with Gasteiger partial charge in [-0.15, -0.1) is 0 Å². The third-order valence-electron chi connectivity index (χ3n) is 2.12. The van der Waals surface area contributed by atoms with E-state index in [0.29, 0.717) is 6.54 Å². The van der Waals surface area contributed by atoms with Gasteiger partial charge in [0.1, 0.15) is 0 Å². The van der Waals surface area contributed by atoms with Crippen LogP contribution >= 0.6 is 0 Å². The zero-order valence-electron chi connectivity index (χ0n) is 10.5. The van der Waals surface area contributed by atoms with Crippen LogP contribution in [0.4, 0.5) is 13.2 Å². The average Bonchev–Trinajstić information content (AvgIpc) is 2.61. The molecule has 1 aromatic rings. The van der Waals surface area contributed by atoms with Crippen LogP contribution in [-0.2, 0) is 6.54 Å². The molecule has 1 heterocycles. The minimum Gasteiger partial charge on any atom is -0.379 e. The monoisotopic (exact) mass is 259 g/mol. The fraction of sp³-hybridized carbons (Fsp3) is 0.538. The molecule has 0 spiro atoms. The second kappa shape index (κ2) is 5.07. The second-order valence-electron chi connectivity index (χ2n) is 5.11. The van der Waals surface area contributed by atoms with Gasteiger partial charge < -0.3 is 9.67 Å². The molecule has 0 amide bonds. The van der Waals surface area contributed by atoms with Crippen molar-refractivity contribution >= 4 is 0 Å². The smallest absolute Gasteiger partial charge is 0.379 e. The Hall–Kier alpha value is -1.41. The van der Waals surface area contributed by atoms with Crippen LogP contribution in [-0.4, -0.2) is 15.8 Å². The Bertz CT molecular complexity index is 457. The number of hydrogen-bond donors (Lipinski definition) is 1. The summed E-state index contributed by atoms with van der Waals surface area (Å²) in [6, 6.07) is 1.25. The fourth-order valence-corrected chi connectivity index (χ4v) is 1.30. The highest BCUT2D eigenvalue weighted by Gasteiger charge is 2.39. The maximum absolute atomic E-state index is 12.3. The maximum Gasteiger partial charge on any atom is 0.418 e. The number of hydrogen-bond acceptors (Lipinski definition) is 1. The summed E-state index contributed by atoms with van der Waals surface area (Å²) in [5.74, 6) is 5.87. The van der Waals surface area contributed by atoms with E-state index in [9.17, 15) is 13.2 Å². The Balaban J connectivity index is 2.72. The van der Waals surface area contributed by atoms with Crippen molar-refractivity contribution in [2.45, 2.75) is 39.6 Å². The Morgan fingerprint density at radius 1 is 1.33 bits per heavy atom. The highest BCUT2D eigenvalue weighted by Crippen LogP contribution is 2.32. The van der Waals surface area contributed by atoms with Crippen LogP contribution in [0.15, 0.2) is 18.5 Å². The lowest BCUT2D eigenvalue weighted by molar-refractivity contribution is -0.206. The van der Waals surface area contributed by atoms with E-state index in [0.717, 1.165) is 0 Å². The molecule has 0 radical (unpaired) electrons. The first kappa shape index (κ1) is 14.7. The SMILES string of the molecule is CC(C)(C)C#CCn1ccc(C(O)C(F)(F)F)c1. The van der Waals surface area contributed by atoms with E-state index in [4.69, 9.17) is 5.11 Å². The first-order valence-corrected chi connectivity index (χ1v) is 5.50. The molecular weight excluding hydrogens is 243 g/mol. The number of aliphatic hydroxyl groups excluding tert-OH is 1. The van der Waals surface area contributed by atoms with Crippen LogP contribution in [0.1, 0.15) is 32.4 Å². The number of rotatable bonds is 2. The van der Waals surface area contributed by atoms with Crippen LogP contribution < -0.4 is 0 Å². The lowest BCUT2D eigenvalue weighted by Crippen LogP contribution is -2.19. The molecule has 0 aromatic carbocycles. The van der Waals surface area contributed by atoms with Gasteiger partial charge >= 0.3 is 6.18 Å². The van der Waals surface area contributed by atoms with E-state index >= 15 is 0 Å². The number of alkyl halides is 3. The molecule has 1 rings (SSSR count). The summed E-state index contributed by atoms with van der Waals surface area (Å²) in [6.45, 7) is 6.17. The largest absolute Gasteiger partial charge is 0.418 e. The lowest BCUT2D eigenvalue weighted by Gasteiger charge is -2.12. The first-order chi connectivity index (χ1) is 8.09. The Morgan fingerprint density at radius 3 is 2.44 bits per heavy atom. The normalized spacial score (nSPS) is 13.9. The van der Waals surface area contributed by atoms with Gasteiger partial charge in [0.25, 0.3) is 0 Å². The van der Waals surface area contributed by atoms with E-state index in [2.05, 4.69) is 11.8 Å². The summed E-state index contributed by atoms with van der Waals surface area (Å²) in [7, 11) is 0. The summed E-state index contributed by atoms with van der Waals surface area (Å²) < 4.78 is 38.3. The van der Waals surface area contributed by atoms with Crippen molar-refractivity contribution in [3.05, 3.63) is 24.0 Å². The molecule has 0 aliphatic rings. The zero-order chi connectivity index (χ0) is 14.0. The number of halogens is 3. The minimum atomic E-state index is -4.64. The molecular formula is C13H16F3NO. The predicted molar refractivity (Wildman–Crippen MR) is 62.7 cm³/mol. The van der Waals surface area contributed by atoms with Crippen LogP contribution in [0, 0.1) is 17.3 Å². The van der Waals surface area contributed by atoms with Gasteiger partial charge in [-0.25, -0.2) is 0 Å². The second-order valence-corrected chi connectivity index (χ2v) is 5.11. The van der Waals surface area contributed by atoms with E-state index in [1.165, 1.54) is 23.0 Å². The van der Waals surface area contributed by atoms with Crippen LogP contribution in [0.25, 0.3) is 0 Å². The molecule has 1 atom stereocenters. The van der Waals surface area contributed by atoms with Gasteiger partial charge in [0.15, 0.2) is 6.10 Å². The molecule has 100 valence electrons. The Labute approximate surface area is 104 Å². The summed E-state index contributed by atoms with van der Waals surface area (Å²) in [5.41, 5.74) is -0.304. The molecule has 0 bridgehead atoms. The molecule has 0 fully saturated rings. The van der Waals surface area contributed by atoms with E-state index in [1.54, 1.807) is 0 Å². The molecule has 5 heteroatoms. The Kier molecular flexibility index (Phi) is 4.12. The van der Waals surface area contributed by atoms with Gasteiger partial charge in [-0.2, -0.15) is 13.2 Å². The van der Waals surface area contributed by atoms with Gasteiger partial charge in [-0.3, -0.25) is 0 Å². The highest BCUT2D eigenvalue weighted by atomic mass is 19.4. The van der Waals surface area contributed by atoms with Crippen molar-refractivity contribution in [2.75, 3.05) is 0 Å². The van der Waals surface area contributed by atoms with Gasteiger partial charge in [0, 0.05) is 23.4 Å². The molecule has 2 nitrogen and oxygen atoms in total. The molecule has 1 N–H and O–H groups in total. The third kappa shape index (κ3) is 4.46. The van der Waals surface area contributed by atoms with Crippen LogP contribution in [0.5, 0.6) is 0 Å².